The highest BCUT2D eigenvalue weighted by molar-refractivity contribution is 9.09. The van der Waals surface area contributed by atoms with E-state index in [0.717, 1.165) is 18.6 Å². The molecule has 1 heterocycles. The fourth-order valence-corrected chi connectivity index (χ4v) is 3.48. The lowest BCUT2D eigenvalue weighted by Crippen LogP contribution is -2.38. The van der Waals surface area contributed by atoms with Crippen molar-refractivity contribution >= 4 is 21.8 Å². The summed E-state index contributed by atoms with van der Waals surface area (Å²) in [5.74, 6) is 0.0222. The van der Waals surface area contributed by atoms with E-state index in [-0.39, 0.29) is 17.5 Å². The molecule has 0 radical (unpaired) electrons. The topological polar surface area (TPSA) is 20.3 Å². The Morgan fingerprint density at radius 2 is 2.15 bits per heavy atom. The van der Waals surface area contributed by atoms with Crippen molar-refractivity contribution in [2.45, 2.75) is 25.6 Å². The number of carbonyl (C=O) groups excluding carboxylic acids is 1. The number of nitrogens with zero attached hydrogens (tertiary/aromatic N) is 1. The fourth-order valence-electron chi connectivity index (χ4n) is 2.49. The zero-order valence-corrected chi connectivity index (χ0v) is 12.5. The average molecular weight is 350 g/mol. The number of amides is 1. The van der Waals surface area contributed by atoms with Gasteiger partial charge in [0.05, 0.1) is 5.56 Å². The summed E-state index contributed by atoms with van der Waals surface area (Å²) in [6.45, 7) is 2.64. The van der Waals surface area contributed by atoms with E-state index in [1.54, 1.807) is 4.90 Å². The molecule has 2 nitrogen and oxygen atoms in total. The molecule has 1 aromatic carbocycles. The van der Waals surface area contributed by atoms with Gasteiger partial charge in [-0.2, -0.15) is 13.2 Å². The van der Waals surface area contributed by atoms with Crippen molar-refractivity contribution in [2.24, 2.45) is 5.92 Å². The number of benzene rings is 1. The van der Waals surface area contributed by atoms with Crippen LogP contribution in [0.15, 0.2) is 24.3 Å². The highest BCUT2D eigenvalue weighted by atomic mass is 79.9. The molecule has 110 valence electrons. The van der Waals surface area contributed by atoms with Gasteiger partial charge in [0.25, 0.3) is 5.91 Å². The second-order valence-corrected chi connectivity index (χ2v) is 5.71. The van der Waals surface area contributed by atoms with Crippen molar-refractivity contribution in [1.82, 2.24) is 4.90 Å². The van der Waals surface area contributed by atoms with Crippen molar-refractivity contribution in [2.75, 3.05) is 11.9 Å². The molecule has 0 bridgehead atoms. The summed E-state index contributed by atoms with van der Waals surface area (Å²) in [6.07, 6.45) is -3.55. The average Bonchev–Trinajstić information content (AvgIpc) is 2.78. The van der Waals surface area contributed by atoms with Gasteiger partial charge >= 0.3 is 6.18 Å². The van der Waals surface area contributed by atoms with Crippen LogP contribution in [-0.4, -0.2) is 28.7 Å². The third-order valence-corrected chi connectivity index (χ3v) is 4.40. The molecule has 6 heteroatoms. The highest BCUT2D eigenvalue weighted by Crippen LogP contribution is 2.31. The first-order valence-corrected chi connectivity index (χ1v) is 7.51. The third-order valence-electron chi connectivity index (χ3n) is 3.74. The molecule has 1 amide bonds. The van der Waals surface area contributed by atoms with Gasteiger partial charge in [-0.25, -0.2) is 0 Å². The largest absolute Gasteiger partial charge is 0.416 e. The Bertz CT molecular complexity index is 503. The van der Waals surface area contributed by atoms with Crippen LogP contribution in [0.1, 0.15) is 29.3 Å². The number of hydrogen-bond acceptors (Lipinski definition) is 1. The monoisotopic (exact) mass is 349 g/mol. The molecule has 2 atom stereocenters. The van der Waals surface area contributed by atoms with Gasteiger partial charge < -0.3 is 4.90 Å². The molecule has 1 fully saturated rings. The summed E-state index contributed by atoms with van der Waals surface area (Å²) in [5, 5.41) is 0.638. The molecule has 2 unspecified atom stereocenters. The summed E-state index contributed by atoms with van der Waals surface area (Å²) in [5.41, 5.74) is -0.689. The summed E-state index contributed by atoms with van der Waals surface area (Å²) in [6, 6.07) is 4.66. The first kappa shape index (κ1) is 15.4. The molecule has 0 aromatic heterocycles. The van der Waals surface area contributed by atoms with Gasteiger partial charge in [0.1, 0.15) is 0 Å². The van der Waals surface area contributed by atoms with Crippen LogP contribution in [-0.2, 0) is 6.18 Å². The molecule has 20 heavy (non-hydrogen) atoms. The maximum absolute atomic E-state index is 12.7. The fraction of sp³-hybridized carbons (Fsp3) is 0.500. The molecule has 1 aliphatic heterocycles. The van der Waals surface area contributed by atoms with Crippen LogP contribution in [0.5, 0.6) is 0 Å². The Balaban J connectivity index is 2.26. The molecule has 1 aromatic rings. The van der Waals surface area contributed by atoms with E-state index < -0.39 is 11.7 Å². The second-order valence-electron chi connectivity index (χ2n) is 5.06. The normalized spacial score (nSPS) is 23.1. The van der Waals surface area contributed by atoms with Crippen LogP contribution >= 0.6 is 15.9 Å². The number of alkyl halides is 4. The van der Waals surface area contributed by atoms with E-state index in [1.807, 2.05) is 6.92 Å². The van der Waals surface area contributed by atoms with Crippen molar-refractivity contribution < 1.29 is 18.0 Å². The van der Waals surface area contributed by atoms with E-state index in [0.29, 0.717) is 17.8 Å². The third kappa shape index (κ3) is 3.00. The molecular formula is C14H15BrF3NO. The Kier molecular flexibility index (Phi) is 4.42. The minimum Gasteiger partial charge on any atom is -0.335 e. The number of hydrogen-bond donors (Lipinski definition) is 0. The molecule has 0 spiro atoms. The van der Waals surface area contributed by atoms with E-state index in [4.69, 9.17) is 0 Å². The van der Waals surface area contributed by atoms with Crippen LogP contribution < -0.4 is 0 Å². The van der Waals surface area contributed by atoms with E-state index >= 15 is 0 Å². The first-order valence-electron chi connectivity index (χ1n) is 6.38. The predicted octanol–water partition coefficient (Wildman–Crippen LogP) is 3.95. The van der Waals surface area contributed by atoms with Crippen molar-refractivity contribution in [3.63, 3.8) is 0 Å². The quantitative estimate of drug-likeness (QED) is 0.740. The summed E-state index contributed by atoms with van der Waals surface area (Å²) >= 11 is 3.37. The number of rotatable bonds is 2. The summed E-state index contributed by atoms with van der Waals surface area (Å²) in [7, 11) is 0. The van der Waals surface area contributed by atoms with Gasteiger partial charge in [-0.1, -0.05) is 28.9 Å². The van der Waals surface area contributed by atoms with Gasteiger partial charge in [-0.15, -0.1) is 0 Å². The Morgan fingerprint density at radius 3 is 2.75 bits per heavy atom. The maximum atomic E-state index is 12.7. The van der Waals surface area contributed by atoms with Crippen LogP contribution in [0.25, 0.3) is 0 Å². The zero-order valence-electron chi connectivity index (χ0n) is 11.0. The van der Waals surface area contributed by atoms with Gasteiger partial charge in [-0.3, -0.25) is 4.79 Å². The molecular weight excluding hydrogens is 335 g/mol. The minimum atomic E-state index is -4.43. The summed E-state index contributed by atoms with van der Waals surface area (Å²) < 4.78 is 38.0. The van der Waals surface area contributed by atoms with Crippen molar-refractivity contribution in [1.29, 1.82) is 0 Å². The standard InChI is InChI=1S/C14H15BrF3NO/c1-9-5-6-19(12(9)8-15)13(20)10-3-2-4-11(7-10)14(16,17)18/h2-4,7,9,12H,5-6,8H2,1H3. The van der Waals surface area contributed by atoms with Gasteiger partial charge in [-0.05, 0) is 30.5 Å². The van der Waals surface area contributed by atoms with Crippen LogP contribution in [0, 0.1) is 5.92 Å². The SMILES string of the molecule is CC1CCN(C(=O)c2cccc(C(F)(F)F)c2)C1CBr. The Morgan fingerprint density at radius 1 is 1.45 bits per heavy atom. The molecule has 2 rings (SSSR count). The van der Waals surface area contributed by atoms with E-state index in [2.05, 4.69) is 15.9 Å². The molecule has 1 saturated heterocycles. The maximum Gasteiger partial charge on any atom is 0.416 e. The predicted molar refractivity (Wildman–Crippen MR) is 73.8 cm³/mol. The van der Waals surface area contributed by atoms with Gasteiger partial charge in [0, 0.05) is 23.5 Å². The van der Waals surface area contributed by atoms with Gasteiger partial charge in [0.2, 0.25) is 0 Å². The zero-order chi connectivity index (χ0) is 14.9. The van der Waals surface area contributed by atoms with Gasteiger partial charge in [0.15, 0.2) is 0 Å². The second kappa shape index (κ2) is 5.76. The number of carbonyl (C=O) groups is 1. The number of halogens is 4. The number of likely N-dealkylation sites (tertiary alicyclic amines) is 1. The molecule has 0 saturated carbocycles. The first-order chi connectivity index (χ1) is 9.34. The lowest BCUT2D eigenvalue weighted by atomic mass is 10.0. The molecule has 1 aliphatic rings. The molecule has 0 N–H and O–H groups in total. The van der Waals surface area contributed by atoms with E-state index in [1.165, 1.54) is 12.1 Å². The van der Waals surface area contributed by atoms with E-state index in [9.17, 15) is 18.0 Å². The lowest BCUT2D eigenvalue weighted by molar-refractivity contribution is -0.137. The van der Waals surface area contributed by atoms with Crippen LogP contribution in [0.4, 0.5) is 13.2 Å². The Labute approximate surface area is 124 Å². The molecule has 0 aliphatic carbocycles. The lowest BCUT2D eigenvalue weighted by Gasteiger charge is -2.25. The van der Waals surface area contributed by atoms with Crippen molar-refractivity contribution in [3.05, 3.63) is 35.4 Å². The summed E-state index contributed by atoms with van der Waals surface area (Å²) in [4.78, 5) is 14.0. The van der Waals surface area contributed by atoms with Crippen molar-refractivity contribution in [3.8, 4) is 0 Å². The van der Waals surface area contributed by atoms with Crippen LogP contribution in [0.2, 0.25) is 0 Å². The highest BCUT2D eigenvalue weighted by Gasteiger charge is 2.35. The minimum absolute atomic E-state index is 0.0389. The van der Waals surface area contributed by atoms with Crippen LogP contribution in [0.3, 0.4) is 0 Å². The smallest absolute Gasteiger partial charge is 0.335 e. The Hall–Kier alpha value is -1.04.